The molecule has 0 radical (unpaired) electrons. The van der Waals surface area contributed by atoms with Gasteiger partial charge in [0.15, 0.2) is 0 Å². The van der Waals surface area contributed by atoms with Crippen LogP contribution in [0.4, 0.5) is 0 Å². The Kier molecular flexibility index (Phi) is 6.77. The van der Waals surface area contributed by atoms with E-state index in [2.05, 4.69) is 0 Å². The Bertz CT molecular complexity index is 680. The fourth-order valence-electron chi connectivity index (χ4n) is 2.61. The first kappa shape index (κ1) is 18.7. The van der Waals surface area contributed by atoms with Crippen molar-refractivity contribution < 1.29 is 19.4 Å². The number of aliphatic hydroxyl groups excluding tert-OH is 1. The molecular formula is C19H24N2O4. The highest BCUT2D eigenvalue weighted by Crippen LogP contribution is 2.14. The topological polar surface area (TPSA) is 71.8 Å². The normalized spacial score (nSPS) is 11.8. The van der Waals surface area contributed by atoms with Gasteiger partial charge in [-0.05, 0) is 42.8 Å². The van der Waals surface area contributed by atoms with Gasteiger partial charge in [-0.3, -0.25) is 9.59 Å². The number of hydrogen-bond acceptors (Lipinski definition) is 4. The molecule has 1 heterocycles. The summed E-state index contributed by atoms with van der Waals surface area (Å²) in [7, 11) is 1.33. The lowest BCUT2D eigenvalue weighted by Gasteiger charge is -2.25. The second kappa shape index (κ2) is 9.03. The summed E-state index contributed by atoms with van der Waals surface area (Å²) < 4.78 is 6.69. The fraction of sp³-hybridized carbons (Fsp3) is 0.368. The van der Waals surface area contributed by atoms with E-state index >= 15 is 0 Å². The molecule has 134 valence electrons. The third kappa shape index (κ3) is 4.93. The second-order valence-corrected chi connectivity index (χ2v) is 5.89. The minimum atomic E-state index is -0.424. The molecule has 0 aliphatic carbocycles. The van der Waals surface area contributed by atoms with Crippen LogP contribution >= 0.6 is 0 Å². The zero-order valence-electron chi connectivity index (χ0n) is 14.6. The number of esters is 1. The molecule has 2 rings (SSSR count). The number of benzene rings is 1. The van der Waals surface area contributed by atoms with Crippen LogP contribution in [0.1, 0.15) is 23.7 Å². The lowest BCUT2D eigenvalue weighted by atomic mass is 10.1. The van der Waals surface area contributed by atoms with Gasteiger partial charge in [0, 0.05) is 43.3 Å². The zero-order valence-corrected chi connectivity index (χ0v) is 14.6. The van der Waals surface area contributed by atoms with Gasteiger partial charge >= 0.3 is 5.97 Å². The van der Waals surface area contributed by atoms with Crippen LogP contribution in [0, 0.1) is 5.92 Å². The summed E-state index contributed by atoms with van der Waals surface area (Å²) in [6.07, 6.45) is 4.33. The molecule has 0 aliphatic heterocycles. The Morgan fingerprint density at radius 2 is 1.84 bits per heavy atom. The summed E-state index contributed by atoms with van der Waals surface area (Å²) >= 11 is 0. The van der Waals surface area contributed by atoms with Crippen molar-refractivity contribution >= 4 is 11.9 Å². The molecule has 1 aromatic carbocycles. The lowest BCUT2D eigenvalue weighted by Crippen LogP contribution is -2.38. The zero-order chi connectivity index (χ0) is 18.2. The number of carbonyl (C=O) groups excluding carboxylic acids is 2. The smallest absolute Gasteiger partial charge is 0.310 e. The summed E-state index contributed by atoms with van der Waals surface area (Å²) in [5.41, 5.74) is 1.51. The van der Waals surface area contributed by atoms with Gasteiger partial charge < -0.3 is 19.3 Å². The van der Waals surface area contributed by atoms with Crippen LogP contribution in [0.25, 0.3) is 5.69 Å². The van der Waals surface area contributed by atoms with E-state index in [1.807, 2.05) is 41.2 Å². The summed E-state index contributed by atoms with van der Waals surface area (Å²) in [5.74, 6) is -0.945. The Balaban J connectivity index is 2.13. The van der Waals surface area contributed by atoms with E-state index in [-0.39, 0.29) is 25.0 Å². The van der Waals surface area contributed by atoms with Gasteiger partial charge in [0.25, 0.3) is 5.91 Å². The minimum Gasteiger partial charge on any atom is -0.469 e. The molecule has 0 fully saturated rings. The van der Waals surface area contributed by atoms with E-state index in [0.717, 1.165) is 5.69 Å². The monoisotopic (exact) mass is 344 g/mol. The highest BCUT2D eigenvalue weighted by molar-refractivity contribution is 5.94. The van der Waals surface area contributed by atoms with Crippen molar-refractivity contribution in [2.45, 2.75) is 13.3 Å². The van der Waals surface area contributed by atoms with Crippen LogP contribution in [0.5, 0.6) is 0 Å². The number of ether oxygens (including phenoxy) is 1. The van der Waals surface area contributed by atoms with E-state index in [0.29, 0.717) is 18.5 Å². The third-order valence-corrected chi connectivity index (χ3v) is 3.99. The average Bonchev–Trinajstić information content (AvgIpc) is 3.18. The van der Waals surface area contributed by atoms with Crippen molar-refractivity contribution in [2.75, 3.05) is 26.8 Å². The van der Waals surface area contributed by atoms with Crippen LogP contribution in [-0.4, -0.2) is 53.3 Å². The van der Waals surface area contributed by atoms with Crippen molar-refractivity contribution in [2.24, 2.45) is 5.92 Å². The number of nitrogens with zero attached hydrogens (tertiary/aromatic N) is 2. The first-order valence-corrected chi connectivity index (χ1v) is 8.28. The highest BCUT2D eigenvalue weighted by atomic mass is 16.5. The summed E-state index contributed by atoms with van der Waals surface area (Å²) in [6.45, 7) is 2.35. The maximum Gasteiger partial charge on any atom is 0.310 e. The van der Waals surface area contributed by atoms with Crippen molar-refractivity contribution in [3.63, 3.8) is 0 Å². The van der Waals surface area contributed by atoms with Crippen LogP contribution in [-0.2, 0) is 9.53 Å². The molecule has 25 heavy (non-hydrogen) atoms. The molecule has 0 saturated heterocycles. The van der Waals surface area contributed by atoms with Crippen LogP contribution in [0.3, 0.4) is 0 Å². The standard InChI is InChI=1S/C19H24N2O4/c1-15(19(24)25-2)14-21(12-5-13-22)18(23)16-6-8-17(9-7-16)20-10-3-4-11-20/h3-4,6-11,15,22H,5,12-14H2,1-2H3. The molecule has 1 N–H and O–H groups in total. The SMILES string of the molecule is COC(=O)C(C)CN(CCCO)C(=O)c1ccc(-n2cccc2)cc1. The van der Waals surface area contributed by atoms with E-state index in [9.17, 15) is 9.59 Å². The predicted octanol–water partition coefficient (Wildman–Crippen LogP) is 2.11. The molecule has 6 nitrogen and oxygen atoms in total. The molecule has 1 amide bonds. The van der Waals surface area contributed by atoms with Crippen LogP contribution in [0.2, 0.25) is 0 Å². The quantitative estimate of drug-likeness (QED) is 0.745. The van der Waals surface area contributed by atoms with Crippen molar-refractivity contribution in [1.82, 2.24) is 9.47 Å². The summed E-state index contributed by atoms with van der Waals surface area (Å²) in [6, 6.07) is 11.2. The van der Waals surface area contributed by atoms with Gasteiger partial charge in [0.05, 0.1) is 13.0 Å². The van der Waals surface area contributed by atoms with Gasteiger partial charge in [-0.15, -0.1) is 0 Å². The maximum atomic E-state index is 12.8. The van der Waals surface area contributed by atoms with Crippen LogP contribution < -0.4 is 0 Å². The molecule has 1 atom stereocenters. The largest absolute Gasteiger partial charge is 0.469 e. The maximum absolute atomic E-state index is 12.8. The number of amides is 1. The summed E-state index contributed by atoms with van der Waals surface area (Å²) in [5, 5.41) is 9.07. The minimum absolute atomic E-state index is 0.0110. The van der Waals surface area contributed by atoms with Crippen molar-refractivity contribution in [1.29, 1.82) is 0 Å². The van der Waals surface area contributed by atoms with Crippen molar-refractivity contribution in [3.05, 3.63) is 54.4 Å². The molecule has 2 aromatic rings. The summed E-state index contributed by atoms with van der Waals surface area (Å²) in [4.78, 5) is 26.0. The number of methoxy groups -OCH3 is 1. The number of carbonyl (C=O) groups is 2. The Hall–Kier alpha value is -2.60. The van der Waals surface area contributed by atoms with Gasteiger partial charge in [-0.2, -0.15) is 0 Å². The second-order valence-electron chi connectivity index (χ2n) is 5.89. The van der Waals surface area contributed by atoms with E-state index < -0.39 is 5.92 Å². The molecule has 1 unspecified atom stereocenters. The number of aromatic nitrogens is 1. The van der Waals surface area contributed by atoms with Gasteiger partial charge in [-0.1, -0.05) is 6.92 Å². The first-order chi connectivity index (χ1) is 12.1. The van der Waals surface area contributed by atoms with E-state index in [1.165, 1.54) is 7.11 Å². The number of aliphatic hydroxyl groups is 1. The number of rotatable bonds is 8. The van der Waals surface area contributed by atoms with Gasteiger partial charge in [0.1, 0.15) is 0 Å². The van der Waals surface area contributed by atoms with E-state index in [4.69, 9.17) is 9.84 Å². The number of hydrogen-bond donors (Lipinski definition) is 1. The highest BCUT2D eigenvalue weighted by Gasteiger charge is 2.22. The molecule has 1 aromatic heterocycles. The van der Waals surface area contributed by atoms with Crippen LogP contribution in [0.15, 0.2) is 48.8 Å². The first-order valence-electron chi connectivity index (χ1n) is 8.28. The molecule has 0 bridgehead atoms. The third-order valence-electron chi connectivity index (χ3n) is 3.99. The molecule has 0 spiro atoms. The Morgan fingerprint density at radius 1 is 1.20 bits per heavy atom. The predicted molar refractivity (Wildman–Crippen MR) is 94.6 cm³/mol. The molecular weight excluding hydrogens is 320 g/mol. The average molecular weight is 344 g/mol. The molecule has 6 heteroatoms. The lowest BCUT2D eigenvalue weighted by molar-refractivity contribution is -0.145. The Labute approximate surface area is 147 Å². The van der Waals surface area contributed by atoms with Crippen molar-refractivity contribution in [3.8, 4) is 5.69 Å². The van der Waals surface area contributed by atoms with Gasteiger partial charge in [-0.25, -0.2) is 0 Å². The Morgan fingerprint density at radius 3 is 2.40 bits per heavy atom. The molecule has 0 aliphatic rings. The van der Waals surface area contributed by atoms with Gasteiger partial charge in [0.2, 0.25) is 0 Å². The molecule has 0 saturated carbocycles. The fourth-order valence-corrected chi connectivity index (χ4v) is 2.61. The van der Waals surface area contributed by atoms with E-state index in [1.54, 1.807) is 24.0 Å².